The van der Waals surface area contributed by atoms with Gasteiger partial charge in [0, 0.05) is 23.3 Å². The molecule has 12 heterocycles. The summed E-state index contributed by atoms with van der Waals surface area (Å²) in [5.74, 6) is 2.42. The van der Waals surface area contributed by atoms with Crippen LogP contribution in [0, 0.1) is 11.3 Å². The molecule has 0 unspecified atom stereocenters. The van der Waals surface area contributed by atoms with Crippen molar-refractivity contribution in [1.29, 1.82) is 5.26 Å². The van der Waals surface area contributed by atoms with Crippen molar-refractivity contribution < 1.29 is 67.2 Å². The number of hydrogen-bond acceptors (Lipinski definition) is 21. The van der Waals surface area contributed by atoms with Gasteiger partial charge in [0.05, 0.1) is 53.3 Å². The van der Waals surface area contributed by atoms with Crippen molar-refractivity contribution in [3.05, 3.63) is 78.0 Å². The summed E-state index contributed by atoms with van der Waals surface area (Å²) in [6.45, 7) is 10.0. The Morgan fingerprint density at radius 1 is 0.571 bits per heavy atom. The Balaban J connectivity index is 0.874. The van der Waals surface area contributed by atoms with Crippen molar-refractivity contribution >= 4 is 103 Å². The third-order valence-electron chi connectivity index (χ3n) is 15.2. The highest BCUT2D eigenvalue weighted by molar-refractivity contribution is 7.31. The smallest absolute Gasteiger partial charge is 0.349 e. The molecule has 6 aromatic heterocycles. The van der Waals surface area contributed by atoms with Gasteiger partial charge >= 0.3 is 11.9 Å². The summed E-state index contributed by atoms with van der Waals surface area (Å²) in [7, 11) is 0. The molecule has 2 N–H and O–H groups in total. The lowest BCUT2D eigenvalue weighted by Gasteiger charge is -2.42. The zero-order chi connectivity index (χ0) is 57.5. The lowest BCUT2D eigenvalue weighted by molar-refractivity contribution is -0.138. The van der Waals surface area contributed by atoms with E-state index in [0.29, 0.717) is 123 Å². The lowest BCUT2D eigenvalue weighted by atomic mass is 9.73. The summed E-state index contributed by atoms with van der Waals surface area (Å²) in [5, 5.41) is 29.2. The molecule has 6 aliphatic heterocycles. The predicted octanol–water partition coefficient (Wildman–Crippen LogP) is 11.4. The van der Waals surface area contributed by atoms with E-state index < -0.39 is 29.6 Å². The van der Waals surface area contributed by atoms with Gasteiger partial charge in [-0.15, -0.1) is 68.0 Å². The Bertz CT molecular complexity index is 4260. The number of nitriles is 1. The first-order chi connectivity index (χ1) is 40.9. The molecule has 0 spiro atoms. The van der Waals surface area contributed by atoms with E-state index in [2.05, 4.69) is 68.1 Å². The molecule has 8 aromatic rings. The molecule has 0 bridgehead atoms. The second-order valence-electron chi connectivity index (χ2n) is 20.7. The SMILES string of the molecule is CCCCCCN1c2ccccc2C(C)(C)c2cc(-c3sc(-c4sc(-c5sc(-c6sc(-c7sc(/C=c8/s/c(=C(\C#N)C(=O)O)n(CC(=O)O)c8=O)c8c7OCCO8)c7c6OCCO7)c6c5OCCO6)c5c4OCCO5)c4c3OCCO4)ccc21. The number of nitrogens with zero attached hydrogens (tertiary/aromatic N) is 3. The van der Waals surface area contributed by atoms with Crippen LogP contribution in [0.15, 0.2) is 47.3 Å². The van der Waals surface area contributed by atoms with Crippen molar-refractivity contribution in [2.45, 2.75) is 58.4 Å². The van der Waals surface area contributed by atoms with Crippen LogP contribution in [0.5, 0.6) is 57.5 Å². The number of aromatic nitrogens is 1. The minimum atomic E-state index is -1.59. The van der Waals surface area contributed by atoms with E-state index >= 15 is 0 Å². The van der Waals surface area contributed by atoms with E-state index in [1.54, 1.807) is 28.7 Å². The van der Waals surface area contributed by atoms with Crippen LogP contribution < -0.4 is 67.0 Å². The molecule has 0 aliphatic carbocycles. The summed E-state index contributed by atoms with van der Waals surface area (Å²) in [6.07, 6.45) is 6.19. The number of unbranched alkanes of at least 4 members (excludes halogenated alkanes) is 3. The van der Waals surface area contributed by atoms with E-state index in [0.717, 1.165) is 57.2 Å². The summed E-state index contributed by atoms with van der Waals surface area (Å²) >= 11 is 8.01. The summed E-state index contributed by atoms with van der Waals surface area (Å²) < 4.78 is 65.4. The summed E-state index contributed by atoms with van der Waals surface area (Å²) in [5.41, 5.74) is 4.28. The number of carboxylic acid groups (broad SMARTS) is 2. The van der Waals surface area contributed by atoms with Gasteiger partial charge in [0.15, 0.2) is 63.1 Å². The molecule has 0 saturated heterocycles. The zero-order valence-electron chi connectivity index (χ0n) is 45.4. The van der Waals surface area contributed by atoms with Crippen LogP contribution in [0.2, 0.25) is 0 Å². The standard InChI is InChI=1S/C60H51N3O15S6/c1-4-5-6-9-14-62-33-11-8-7-10-31(33)60(2,3)32-25-29(12-13-34(32)62)48-40-41(72-18-17-71-40)51(81-48)52-44-45(76-22-21-75-44)55(83-52)56-47-46(77-23-24-78-47)54(84-56)53-43-42(73-19-20-74-43)50(82-53)49-39-38(69-15-16-70-39)35(79-49)26-36-57(66)63(28-37(64)65)58(80-36)30(27-61)59(67)68/h7-8,10-13,25-26H,4-6,9,14-24,28H2,1-3H3,(H,64,65)(H,67,68)/b36-26+,58-30+. The second-order valence-corrected chi connectivity index (χ2v) is 26.9. The van der Waals surface area contributed by atoms with Gasteiger partial charge in [0.1, 0.15) is 83.3 Å². The Hall–Kier alpha value is -7.66. The number of thiazole rings is 1. The topological polar surface area (TPSA) is 216 Å². The number of para-hydroxylation sites is 1. The molecule has 2 aromatic carbocycles. The number of ether oxygens (including phenoxy) is 10. The minimum Gasteiger partial charge on any atom is -0.485 e. The van der Waals surface area contributed by atoms with Gasteiger partial charge in [-0.25, -0.2) is 4.79 Å². The van der Waals surface area contributed by atoms with E-state index in [4.69, 9.17) is 47.4 Å². The van der Waals surface area contributed by atoms with Crippen LogP contribution in [0.25, 0.3) is 61.1 Å². The van der Waals surface area contributed by atoms with E-state index in [1.807, 2.05) is 0 Å². The Morgan fingerprint density at radius 3 is 1.49 bits per heavy atom. The van der Waals surface area contributed by atoms with Crippen molar-refractivity contribution in [2.75, 3.05) is 77.5 Å². The number of benzene rings is 2. The third-order valence-corrected chi connectivity index (χ3v) is 22.7. The zero-order valence-corrected chi connectivity index (χ0v) is 50.3. The monoisotopic (exact) mass is 1250 g/mol. The van der Waals surface area contributed by atoms with E-state index in [9.17, 15) is 29.9 Å². The molecule has 432 valence electrons. The van der Waals surface area contributed by atoms with Gasteiger partial charge in [-0.2, -0.15) is 5.26 Å². The first-order valence-corrected chi connectivity index (χ1v) is 32.3. The third kappa shape index (κ3) is 8.95. The number of rotatable bonds is 14. The Morgan fingerprint density at radius 2 is 1.01 bits per heavy atom. The lowest BCUT2D eigenvalue weighted by Crippen LogP contribution is -2.35. The number of aliphatic carboxylic acids is 2. The molecule has 0 atom stereocenters. The van der Waals surface area contributed by atoms with Gasteiger partial charge in [0.2, 0.25) is 0 Å². The fourth-order valence-corrected chi connectivity index (χ4v) is 18.9. The quantitative estimate of drug-likeness (QED) is 0.0968. The molecule has 6 aliphatic rings. The van der Waals surface area contributed by atoms with E-state index in [1.165, 1.54) is 81.9 Å². The average molecular weight is 1250 g/mol. The molecule has 24 heteroatoms. The molecular weight excluding hydrogens is 1200 g/mol. The highest BCUT2D eigenvalue weighted by Crippen LogP contribution is 2.68. The normalized spacial score (nSPS) is 16.4. The maximum Gasteiger partial charge on any atom is 0.349 e. The maximum atomic E-state index is 13.8. The van der Waals surface area contributed by atoms with Crippen LogP contribution in [0.4, 0.5) is 11.4 Å². The van der Waals surface area contributed by atoms with Gasteiger partial charge in [-0.05, 0) is 47.4 Å². The number of carboxylic acids is 2. The molecule has 18 nitrogen and oxygen atoms in total. The molecule has 14 rings (SSSR count). The number of hydrogen-bond donors (Lipinski definition) is 2. The molecule has 0 saturated carbocycles. The maximum absolute atomic E-state index is 13.8. The van der Waals surface area contributed by atoms with Crippen LogP contribution >= 0.6 is 68.0 Å². The highest BCUT2D eigenvalue weighted by atomic mass is 32.1. The molecule has 84 heavy (non-hydrogen) atoms. The molecule has 0 amide bonds. The predicted molar refractivity (Wildman–Crippen MR) is 323 cm³/mol. The van der Waals surface area contributed by atoms with Crippen LogP contribution in [0.3, 0.4) is 0 Å². The van der Waals surface area contributed by atoms with Gasteiger partial charge in [-0.3, -0.25) is 14.2 Å². The van der Waals surface area contributed by atoms with Crippen molar-refractivity contribution in [3.8, 4) is 113 Å². The van der Waals surface area contributed by atoms with Crippen LogP contribution in [0.1, 0.15) is 62.5 Å². The number of thiophene rings is 5. The molecule has 0 radical (unpaired) electrons. The summed E-state index contributed by atoms with van der Waals surface area (Å²) in [6, 6.07) is 17.2. The number of carbonyl (C=O) groups is 2. The Kier molecular flexibility index (Phi) is 14.1. The molecular formula is C60H51N3O15S6. The van der Waals surface area contributed by atoms with Gasteiger partial charge < -0.3 is 62.5 Å². The largest absolute Gasteiger partial charge is 0.485 e. The van der Waals surface area contributed by atoms with Gasteiger partial charge in [-0.1, -0.05) is 64.3 Å². The fraction of sp³-hybridized carbons (Fsp3) is 0.333. The fourth-order valence-electron chi connectivity index (χ4n) is 11.4. The van der Waals surface area contributed by atoms with Crippen LogP contribution in [-0.2, 0) is 21.5 Å². The number of fused-ring (bicyclic) bond motifs is 7. The number of anilines is 2. The summed E-state index contributed by atoms with van der Waals surface area (Å²) in [4.78, 5) is 47.7. The van der Waals surface area contributed by atoms with Crippen molar-refractivity contribution in [2.24, 2.45) is 0 Å². The second kappa shape index (κ2) is 21.8. The Labute approximate surface area is 503 Å². The minimum absolute atomic E-state index is 0.00727. The van der Waals surface area contributed by atoms with Crippen molar-refractivity contribution in [3.63, 3.8) is 0 Å². The van der Waals surface area contributed by atoms with Crippen LogP contribution in [-0.4, -0.2) is 99.3 Å². The van der Waals surface area contributed by atoms with E-state index in [-0.39, 0.29) is 41.0 Å². The highest BCUT2D eigenvalue weighted by Gasteiger charge is 2.41. The van der Waals surface area contributed by atoms with Crippen molar-refractivity contribution in [1.82, 2.24) is 4.57 Å². The first-order valence-electron chi connectivity index (χ1n) is 27.4. The molecule has 0 fully saturated rings. The average Bonchev–Trinajstić information content (AvgIpc) is 2.80. The van der Waals surface area contributed by atoms with Gasteiger partial charge in [0.25, 0.3) is 5.56 Å². The first kappa shape index (κ1) is 54.3.